The summed E-state index contributed by atoms with van der Waals surface area (Å²) in [5, 5.41) is 0.123. The molecule has 112 valence electrons. The first kappa shape index (κ1) is 17.1. The molecule has 2 aliphatic rings. The van der Waals surface area contributed by atoms with Gasteiger partial charge in [-0.25, -0.2) is 0 Å². The number of rotatable bonds is 4. The van der Waals surface area contributed by atoms with Crippen LogP contribution >= 0.6 is 56.9 Å². The van der Waals surface area contributed by atoms with Crippen LogP contribution in [0, 0.1) is 0 Å². The predicted molar refractivity (Wildman–Crippen MR) is 101 cm³/mol. The molecular weight excluding hydrogens is 348 g/mol. The van der Waals surface area contributed by atoms with Gasteiger partial charge >= 0.3 is 0 Å². The highest BCUT2D eigenvalue weighted by Crippen LogP contribution is 2.44. The SMILES string of the molecule is CC(=O)SC1=NC(CC(C)(C)SSC2=NCCS2)CS1. The van der Waals surface area contributed by atoms with Crippen LogP contribution in [0.15, 0.2) is 9.98 Å². The largest absolute Gasteiger partial charge is 0.287 e. The van der Waals surface area contributed by atoms with Gasteiger partial charge in [-0.1, -0.05) is 34.3 Å². The molecule has 0 aromatic carbocycles. The minimum atomic E-state index is 0.123. The van der Waals surface area contributed by atoms with Crippen molar-refractivity contribution in [2.75, 3.05) is 18.1 Å². The fourth-order valence-electron chi connectivity index (χ4n) is 1.79. The van der Waals surface area contributed by atoms with Gasteiger partial charge in [-0.2, -0.15) is 0 Å². The summed E-state index contributed by atoms with van der Waals surface area (Å²) in [6.07, 6.45) is 1.04. The van der Waals surface area contributed by atoms with Crippen LogP contribution < -0.4 is 0 Å². The topological polar surface area (TPSA) is 41.8 Å². The summed E-state index contributed by atoms with van der Waals surface area (Å²) in [5.41, 5.74) is 0. The van der Waals surface area contributed by atoms with Crippen molar-refractivity contribution < 1.29 is 4.79 Å². The number of hydrogen-bond donors (Lipinski definition) is 0. The van der Waals surface area contributed by atoms with E-state index in [0.29, 0.717) is 6.04 Å². The van der Waals surface area contributed by atoms with Gasteiger partial charge in [0, 0.05) is 23.2 Å². The molecule has 8 heteroatoms. The fourth-order valence-corrected chi connectivity index (χ4v) is 7.46. The van der Waals surface area contributed by atoms with E-state index in [1.807, 2.05) is 22.6 Å². The molecule has 3 nitrogen and oxygen atoms in total. The van der Waals surface area contributed by atoms with Gasteiger partial charge in [0.25, 0.3) is 0 Å². The van der Waals surface area contributed by atoms with Crippen LogP contribution in [0.4, 0.5) is 0 Å². The van der Waals surface area contributed by atoms with Gasteiger partial charge in [-0.3, -0.25) is 14.8 Å². The van der Waals surface area contributed by atoms with Crippen LogP contribution in [0.2, 0.25) is 0 Å². The molecule has 2 rings (SSSR count). The predicted octanol–water partition coefficient (Wildman–Crippen LogP) is 4.39. The smallest absolute Gasteiger partial charge is 0.192 e. The first-order valence-corrected chi connectivity index (χ1v) is 11.3. The second-order valence-corrected chi connectivity index (χ2v) is 11.7. The summed E-state index contributed by atoms with van der Waals surface area (Å²) in [5.74, 6) is 2.12. The van der Waals surface area contributed by atoms with Gasteiger partial charge in [0.05, 0.1) is 12.6 Å². The second-order valence-electron chi connectivity index (χ2n) is 5.08. The molecule has 0 bridgehead atoms. The lowest BCUT2D eigenvalue weighted by atomic mass is 10.0. The van der Waals surface area contributed by atoms with Gasteiger partial charge in [-0.15, -0.1) is 0 Å². The van der Waals surface area contributed by atoms with E-state index < -0.39 is 0 Å². The molecule has 0 spiro atoms. The van der Waals surface area contributed by atoms with E-state index in [4.69, 9.17) is 0 Å². The van der Waals surface area contributed by atoms with Gasteiger partial charge in [0.2, 0.25) is 0 Å². The molecule has 20 heavy (non-hydrogen) atoms. The summed E-state index contributed by atoms with van der Waals surface area (Å²) < 4.78 is 2.31. The molecule has 0 saturated carbocycles. The van der Waals surface area contributed by atoms with Gasteiger partial charge in [0.1, 0.15) is 8.75 Å². The number of aliphatic imine (C=N–C) groups is 2. The first-order chi connectivity index (χ1) is 9.44. The van der Waals surface area contributed by atoms with Crippen LogP contribution in [0.1, 0.15) is 27.2 Å². The Morgan fingerprint density at radius 2 is 2.20 bits per heavy atom. The molecule has 0 amide bonds. The summed E-state index contributed by atoms with van der Waals surface area (Å²) in [7, 11) is 3.69. The van der Waals surface area contributed by atoms with Crippen LogP contribution in [0.5, 0.6) is 0 Å². The number of carbonyl (C=O) groups is 1. The van der Waals surface area contributed by atoms with Crippen molar-refractivity contribution in [3.8, 4) is 0 Å². The zero-order valence-corrected chi connectivity index (χ0v) is 15.8. The van der Waals surface area contributed by atoms with Crippen molar-refractivity contribution in [2.24, 2.45) is 9.98 Å². The third-order valence-electron chi connectivity index (χ3n) is 2.54. The minimum Gasteiger partial charge on any atom is -0.287 e. The van der Waals surface area contributed by atoms with Crippen LogP contribution in [-0.4, -0.2) is 42.7 Å². The molecular formula is C12H18N2OS5. The van der Waals surface area contributed by atoms with E-state index in [1.54, 1.807) is 29.5 Å². The maximum Gasteiger partial charge on any atom is 0.192 e. The minimum absolute atomic E-state index is 0.123. The summed E-state index contributed by atoms with van der Waals surface area (Å²) in [6.45, 7) is 7.09. The van der Waals surface area contributed by atoms with E-state index in [1.165, 1.54) is 16.1 Å². The van der Waals surface area contributed by atoms with Crippen molar-refractivity contribution in [2.45, 2.75) is 38.0 Å². The second kappa shape index (κ2) is 7.85. The van der Waals surface area contributed by atoms with Crippen LogP contribution in [-0.2, 0) is 4.79 Å². The Morgan fingerprint density at radius 1 is 1.40 bits per heavy atom. The molecule has 0 fully saturated rings. The highest BCUT2D eigenvalue weighted by molar-refractivity contribution is 8.86. The van der Waals surface area contributed by atoms with E-state index in [-0.39, 0.29) is 9.86 Å². The zero-order valence-electron chi connectivity index (χ0n) is 11.7. The summed E-state index contributed by atoms with van der Waals surface area (Å²) in [4.78, 5) is 20.2. The zero-order chi connectivity index (χ0) is 14.6. The van der Waals surface area contributed by atoms with E-state index in [2.05, 4.69) is 23.8 Å². The lowest BCUT2D eigenvalue weighted by Crippen LogP contribution is -2.21. The number of thioether (sulfide) groups is 3. The Bertz CT molecular complexity index is 436. The standard InChI is InChI=1S/C12H18N2OS5/c1-8(15)18-11-14-9(7-17-11)6-12(2,3)20-19-10-13-4-5-16-10/h9H,4-7H2,1-3H3. The van der Waals surface area contributed by atoms with E-state index in [0.717, 1.165) is 28.8 Å². The maximum absolute atomic E-state index is 11.1. The molecule has 2 aliphatic heterocycles. The Labute approximate surface area is 141 Å². The number of hydrogen-bond acceptors (Lipinski definition) is 8. The van der Waals surface area contributed by atoms with Gasteiger partial charge in [0.15, 0.2) is 5.12 Å². The first-order valence-electron chi connectivity index (χ1n) is 6.36. The van der Waals surface area contributed by atoms with Crippen LogP contribution in [0.25, 0.3) is 0 Å². The highest BCUT2D eigenvalue weighted by atomic mass is 33.1. The van der Waals surface area contributed by atoms with Crippen molar-refractivity contribution in [1.82, 2.24) is 0 Å². The van der Waals surface area contributed by atoms with E-state index >= 15 is 0 Å². The monoisotopic (exact) mass is 366 g/mol. The summed E-state index contributed by atoms with van der Waals surface area (Å²) >= 11 is 4.83. The lowest BCUT2D eigenvalue weighted by molar-refractivity contribution is -0.109. The third kappa shape index (κ3) is 5.87. The molecule has 0 radical (unpaired) electrons. The summed E-state index contributed by atoms with van der Waals surface area (Å²) in [6, 6.07) is 0.336. The Balaban J connectivity index is 1.79. The third-order valence-corrected chi connectivity index (χ3v) is 9.35. The molecule has 1 atom stereocenters. The van der Waals surface area contributed by atoms with Gasteiger partial charge in [-0.05, 0) is 42.8 Å². The molecule has 0 N–H and O–H groups in total. The molecule has 0 aromatic rings. The van der Waals surface area contributed by atoms with Crippen molar-refractivity contribution in [3.63, 3.8) is 0 Å². The van der Waals surface area contributed by atoms with Gasteiger partial charge < -0.3 is 0 Å². The molecule has 0 aromatic heterocycles. The Kier molecular flexibility index (Phi) is 6.72. The molecule has 0 aliphatic carbocycles. The van der Waals surface area contributed by atoms with Crippen molar-refractivity contribution >= 4 is 70.7 Å². The fraction of sp³-hybridized carbons (Fsp3) is 0.750. The normalized spacial score (nSPS) is 22.9. The van der Waals surface area contributed by atoms with E-state index in [9.17, 15) is 4.79 Å². The van der Waals surface area contributed by atoms with Crippen molar-refractivity contribution in [1.29, 1.82) is 0 Å². The van der Waals surface area contributed by atoms with Crippen LogP contribution in [0.3, 0.4) is 0 Å². The average molecular weight is 367 g/mol. The quantitative estimate of drug-likeness (QED) is 0.687. The molecule has 1 unspecified atom stereocenters. The highest BCUT2D eigenvalue weighted by Gasteiger charge is 2.29. The number of carbonyl (C=O) groups excluding carboxylic acids is 1. The Hall–Kier alpha value is 0.760. The molecule has 0 saturated heterocycles. The molecule has 2 heterocycles. The maximum atomic E-state index is 11.1. The number of nitrogens with zero attached hydrogens (tertiary/aromatic N) is 2. The Morgan fingerprint density at radius 3 is 2.85 bits per heavy atom. The van der Waals surface area contributed by atoms with Crippen molar-refractivity contribution in [3.05, 3.63) is 0 Å². The lowest BCUT2D eigenvalue weighted by Gasteiger charge is -2.24. The average Bonchev–Trinajstić information content (AvgIpc) is 2.97.